The number of H-pyrrole nitrogens is 1. The summed E-state index contributed by atoms with van der Waals surface area (Å²) in [7, 11) is 0. The zero-order valence-electron chi connectivity index (χ0n) is 11.7. The van der Waals surface area contributed by atoms with Crippen molar-refractivity contribution < 1.29 is 9.18 Å². The molecule has 9 heteroatoms. The molecule has 1 amide bonds. The van der Waals surface area contributed by atoms with E-state index in [4.69, 9.17) is 0 Å². The van der Waals surface area contributed by atoms with Crippen LogP contribution in [0.25, 0.3) is 0 Å². The Bertz CT molecular complexity index is 776. The monoisotopic (exact) mass is 330 g/mol. The van der Waals surface area contributed by atoms with Gasteiger partial charge in [-0.2, -0.15) is 5.21 Å². The van der Waals surface area contributed by atoms with Gasteiger partial charge < -0.3 is 5.32 Å². The number of anilines is 1. The average Bonchev–Trinajstić information content (AvgIpc) is 3.09. The third kappa shape index (κ3) is 4.10. The minimum atomic E-state index is -0.354. The predicted molar refractivity (Wildman–Crippen MR) is 82.3 cm³/mol. The molecule has 0 bridgehead atoms. The van der Waals surface area contributed by atoms with E-state index in [0.717, 1.165) is 5.03 Å². The van der Waals surface area contributed by atoms with E-state index >= 15 is 0 Å². The molecule has 0 aliphatic rings. The number of halogens is 1. The summed E-state index contributed by atoms with van der Waals surface area (Å²) >= 11 is 1.43. The quantitative estimate of drug-likeness (QED) is 0.697. The largest absolute Gasteiger partial charge is 0.322 e. The summed E-state index contributed by atoms with van der Waals surface area (Å²) in [6.07, 6.45) is 1.48. The highest BCUT2D eigenvalue weighted by Gasteiger charge is 2.08. The second-order valence-electron chi connectivity index (χ2n) is 4.46. The highest BCUT2D eigenvalue weighted by molar-refractivity contribution is 7.98. The Kier molecular flexibility index (Phi) is 4.57. The van der Waals surface area contributed by atoms with Gasteiger partial charge in [0.25, 0.3) is 5.91 Å². The fourth-order valence-corrected chi connectivity index (χ4v) is 2.41. The first-order chi connectivity index (χ1) is 11.2. The van der Waals surface area contributed by atoms with E-state index in [1.165, 1.54) is 42.2 Å². The lowest BCUT2D eigenvalue weighted by molar-refractivity contribution is 0.102. The topological polar surface area (TPSA) is 96.5 Å². The van der Waals surface area contributed by atoms with Crippen molar-refractivity contribution in [1.82, 2.24) is 25.6 Å². The number of hydrogen-bond acceptors (Lipinski definition) is 6. The molecule has 0 saturated carbocycles. The average molecular weight is 330 g/mol. The van der Waals surface area contributed by atoms with Crippen LogP contribution < -0.4 is 5.32 Å². The summed E-state index contributed by atoms with van der Waals surface area (Å²) in [4.78, 5) is 16.3. The third-order valence-electron chi connectivity index (χ3n) is 2.84. The summed E-state index contributed by atoms with van der Waals surface area (Å²) < 4.78 is 12.8. The van der Waals surface area contributed by atoms with Crippen molar-refractivity contribution in [3.8, 4) is 0 Å². The maximum Gasteiger partial charge on any atom is 0.257 e. The molecule has 3 rings (SSSR count). The first-order valence-electron chi connectivity index (χ1n) is 6.59. The lowest BCUT2D eigenvalue weighted by atomic mass is 10.2. The molecule has 0 radical (unpaired) electrons. The minimum Gasteiger partial charge on any atom is -0.322 e. The Morgan fingerprint density at radius 1 is 1.22 bits per heavy atom. The van der Waals surface area contributed by atoms with Crippen molar-refractivity contribution >= 4 is 23.4 Å². The summed E-state index contributed by atoms with van der Waals surface area (Å²) in [6.45, 7) is 0. The normalized spacial score (nSPS) is 10.5. The molecule has 2 aromatic heterocycles. The van der Waals surface area contributed by atoms with Crippen LogP contribution in [-0.2, 0) is 5.75 Å². The van der Waals surface area contributed by atoms with Crippen molar-refractivity contribution in [3.63, 3.8) is 0 Å². The van der Waals surface area contributed by atoms with Gasteiger partial charge in [-0.05, 0) is 36.4 Å². The fourth-order valence-electron chi connectivity index (χ4n) is 1.72. The summed E-state index contributed by atoms with van der Waals surface area (Å²) in [6, 6.07) is 8.97. The highest BCUT2D eigenvalue weighted by atomic mass is 32.2. The van der Waals surface area contributed by atoms with Crippen LogP contribution in [0.2, 0.25) is 0 Å². The molecular weight excluding hydrogens is 319 g/mol. The number of pyridine rings is 1. The summed E-state index contributed by atoms with van der Waals surface area (Å²) in [5, 5.41) is 17.0. The van der Waals surface area contributed by atoms with Crippen LogP contribution in [0.3, 0.4) is 0 Å². The van der Waals surface area contributed by atoms with Gasteiger partial charge in [-0.25, -0.2) is 9.37 Å². The SMILES string of the molecule is O=C(Nc1ccc(F)cc1)c1ccc(SCc2nn[nH]n2)nc1. The number of tetrazole rings is 1. The minimum absolute atomic E-state index is 0.307. The maximum absolute atomic E-state index is 12.8. The molecular formula is C14H11FN6OS. The number of aromatic amines is 1. The summed E-state index contributed by atoms with van der Waals surface area (Å²) in [5.41, 5.74) is 0.935. The first-order valence-corrected chi connectivity index (χ1v) is 7.57. The molecule has 3 aromatic rings. The molecule has 1 aromatic carbocycles. The number of nitrogens with zero attached hydrogens (tertiary/aromatic N) is 4. The van der Waals surface area contributed by atoms with Gasteiger partial charge in [-0.1, -0.05) is 17.0 Å². The predicted octanol–water partition coefficient (Wildman–Crippen LogP) is 2.28. The molecule has 0 fully saturated rings. The number of carbonyl (C=O) groups is 1. The molecule has 0 aliphatic carbocycles. The van der Waals surface area contributed by atoms with Gasteiger partial charge >= 0.3 is 0 Å². The second kappa shape index (κ2) is 6.97. The van der Waals surface area contributed by atoms with Gasteiger partial charge in [-0.3, -0.25) is 4.79 Å². The lowest BCUT2D eigenvalue weighted by Gasteiger charge is -2.05. The number of benzene rings is 1. The molecule has 7 nitrogen and oxygen atoms in total. The molecule has 0 unspecified atom stereocenters. The van der Waals surface area contributed by atoms with Crippen LogP contribution in [-0.4, -0.2) is 31.5 Å². The Morgan fingerprint density at radius 3 is 2.70 bits per heavy atom. The Hall–Kier alpha value is -2.81. The van der Waals surface area contributed by atoms with Crippen molar-refractivity contribution in [2.24, 2.45) is 0 Å². The van der Waals surface area contributed by atoms with Crippen molar-refractivity contribution in [2.75, 3.05) is 5.32 Å². The van der Waals surface area contributed by atoms with Crippen LogP contribution in [0.1, 0.15) is 16.2 Å². The van der Waals surface area contributed by atoms with Crippen LogP contribution in [0.5, 0.6) is 0 Å². The maximum atomic E-state index is 12.8. The Morgan fingerprint density at radius 2 is 2.04 bits per heavy atom. The van der Waals surface area contributed by atoms with Crippen molar-refractivity contribution in [3.05, 3.63) is 59.8 Å². The van der Waals surface area contributed by atoms with Gasteiger partial charge in [0.1, 0.15) is 5.82 Å². The number of carbonyl (C=O) groups excluding carboxylic acids is 1. The van der Waals surface area contributed by atoms with Gasteiger partial charge in [0.2, 0.25) is 0 Å². The number of rotatable bonds is 5. The van der Waals surface area contributed by atoms with Crippen molar-refractivity contribution in [1.29, 1.82) is 0 Å². The van der Waals surface area contributed by atoms with E-state index in [0.29, 0.717) is 22.8 Å². The zero-order chi connectivity index (χ0) is 16.1. The van der Waals surface area contributed by atoms with E-state index in [1.807, 2.05) is 0 Å². The third-order valence-corrected chi connectivity index (χ3v) is 3.78. The van der Waals surface area contributed by atoms with Gasteiger partial charge in [-0.15, -0.1) is 10.2 Å². The second-order valence-corrected chi connectivity index (χ2v) is 5.46. The standard InChI is InChI=1S/C14H11FN6OS/c15-10-2-4-11(5-3-10)17-14(22)9-1-6-13(16-7-9)23-8-12-18-20-21-19-12/h1-7H,8H2,(H,17,22)(H,18,19,20,21). The van der Waals surface area contributed by atoms with Gasteiger partial charge in [0.15, 0.2) is 5.82 Å². The Labute approximate surface area is 134 Å². The zero-order valence-corrected chi connectivity index (χ0v) is 12.5. The summed E-state index contributed by atoms with van der Waals surface area (Å²) in [5.74, 6) is 0.450. The molecule has 0 spiro atoms. The van der Waals surface area contributed by atoms with Crippen LogP contribution >= 0.6 is 11.8 Å². The number of thioether (sulfide) groups is 1. The molecule has 2 N–H and O–H groups in total. The van der Waals surface area contributed by atoms with E-state index < -0.39 is 0 Å². The van der Waals surface area contributed by atoms with Crippen LogP contribution in [0.15, 0.2) is 47.6 Å². The van der Waals surface area contributed by atoms with E-state index in [9.17, 15) is 9.18 Å². The van der Waals surface area contributed by atoms with Gasteiger partial charge in [0, 0.05) is 11.9 Å². The fraction of sp³-hybridized carbons (Fsp3) is 0.0714. The number of aromatic nitrogens is 5. The molecule has 116 valence electrons. The smallest absolute Gasteiger partial charge is 0.257 e. The first kappa shape index (κ1) is 15.1. The number of amides is 1. The molecule has 2 heterocycles. The van der Waals surface area contributed by atoms with Crippen LogP contribution in [0.4, 0.5) is 10.1 Å². The lowest BCUT2D eigenvalue weighted by Crippen LogP contribution is -2.12. The van der Waals surface area contributed by atoms with Crippen molar-refractivity contribution in [2.45, 2.75) is 10.8 Å². The number of hydrogen-bond donors (Lipinski definition) is 2. The number of nitrogens with one attached hydrogen (secondary N) is 2. The molecule has 0 aliphatic heterocycles. The highest BCUT2D eigenvalue weighted by Crippen LogP contribution is 2.19. The molecule has 23 heavy (non-hydrogen) atoms. The molecule has 0 atom stereocenters. The van der Waals surface area contributed by atoms with Crippen LogP contribution in [0, 0.1) is 5.82 Å². The van der Waals surface area contributed by atoms with E-state index in [2.05, 4.69) is 30.9 Å². The van der Waals surface area contributed by atoms with Gasteiger partial charge in [0.05, 0.1) is 16.3 Å². The molecule has 0 saturated heterocycles. The Balaban J connectivity index is 1.59. The van der Waals surface area contributed by atoms with E-state index in [1.54, 1.807) is 12.1 Å². The van der Waals surface area contributed by atoms with E-state index in [-0.39, 0.29) is 11.7 Å².